The molecule has 5 heteroatoms. The zero-order valence-corrected chi connectivity index (χ0v) is 10.9. The van der Waals surface area contributed by atoms with Crippen LogP contribution >= 0.6 is 0 Å². The van der Waals surface area contributed by atoms with Crippen LogP contribution in [-0.2, 0) is 9.59 Å². The van der Waals surface area contributed by atoms with Gasteiger partial charge < -0.3 is 16.0 Å². The number of hydrogen-bond acceptors (Lipinski definition) is 3. The summed E-state index contributed by atoms with van der Waals surface area (Å²) in [6, 6.07) is -0.0564. The van der Waals surface area contributed by atoms with Crippen LogP contribution in [0.3, 0.4) is 0 Å². The summed E-state index contributed by atoms with van der Waals surface area (Å²) in [5.74, 6) is -0.280. The first-order valence-corrected chi connectivity index (χ1v) is 7.00. The van der Waals surface area contributed by atoms with E-state index in [0.29, 0.717) is 6.54 Å². The van der Waals surface area contributed by atoms with E-state index in [0.717, 1.165) is 45.2 Å². The summed E-state index contributed by atoms with van der Waals surface area (Å²) >= 11 is 0. The molecule has 0 aliphatic carbocycles. The number of nitrogens with zero attached hydrogens (tertiary/aromatic N) is 1. The average molecular weight is 253 g/mol. The zero-order chi connectivity index (χ0) is 13.0. The highest BCUT2D eigenvalue weighted by Crippen LogP contribution is 2.18. The molecule has 2 heterocycles. The third kappa shape index (κ3) is 3.22. The number of primary amides is 1. The summed E-state index contributed by atoms with van der Waals surface area (Å²) in [5.41, 5.74) is 5.34. The molecule has 2 aliphatic rings. The van der Waals surface area contributed by atoms with Crippen LogP contribution in [0.4, 0.5) is 0 Å². The smallest absolute Gasteiger partial charge is 0.239 e. The predicted molar refractivity (Wildman–Crippen MR) is 68.8 cm³/mol. The molecule has 0 saturated carbocycles. The molecule has 2 fully saturated rings. The van der Waals surface area contributed by atoms with Gasteiger partial charge in [0.05, 0.1) is 12.0 Å². The summed E-state index contributed by atoms with van der Waals surface area (Å²) in [7, 11) is 0. The Bertz CT molecular complexity index is 311. The molecule has 2 atom stereocenters. The van der Waals surface area contributed by atoms with Gasteiger partial charge in [0.2, 0.25) is 11.8 Å². The monoisotopic (exact) mass is 253 g/mol. The van der Waals surface area contributed by atoms with Gasteiger partial charge in [0, 0.05) is 13.1 Å². The molecule has 2 rings (SSSR count). The fourth-order valence-electron chi connectivity index (χ4n) is 2.87. The van der Waals surface area contributed by atoms with Gasteiger partial charge in [-0.1, -0.05) is 12.8 Å². The minimum absolute atomic E-state index is 0.0564. The van der Waals surface area contributed by atoms with Crippen LogP contribution in [0.2, 0.25) is 0 Å². The highest BCUT2D eigenvalue weighted by Gasteiger charge is 2.30. The summed E-state index contributed by atoms with van der Waals surface area (Å²) in [6.07, 6.45) is 6.06. The molecule has 0 spiro atoms. The van der Waals surface area contributed by atoms with E-state index in [1.54, 1.807) is 0 Å². The van der Waals surface area contributed by atoms with Crippen LogP contribution in [0.15, 0.2) is 0 Å². The fraction of sp³-hybridized carbons (Fsp3) is 0.846. The van der Waals surface area contributed by atoms with Gasteiger partial charge in [-0.05, 0) is 32.2 Å². The van der Waals surface area contributed by atoms with Crippen molar-refractivity contribution in [2.75, 3.05) is 19.6 Å². The van der Waals surface area contributed by atoms with Crippen molar-refractivity contribution in [2.24, 2.45) is 11.7 Å². The van der Waals surface area contributed by atoms with Crippen molar-refractivity contribution in [2.45, 2.75) is 44.6 Å². The number of carbonyl (C=O) groups excluding carboxylic acids is 2. The maximum atomic E-state index is 12.4. The Morgan fingerprint density at radius 1 is 1.11 bits per heavy atom. The van der Waals surface area contributed by atoms with Crippen LogP contribution in [0.5, 0.6) is 0 Å². The molecule has 102 valence electrons. The lowest BCUT2D eigenvalue weighted by Crippen LogP contribution is -2.51. The van der Waals surface area contributed by atoms with Gasteiger partial charge in [0.25, 0.3) is 0 Å². The summed E-state index contributed by atoms with van der Waals surface area (Å²) < 4.78 is 0. The van der Waals surface area contributed by atoms with Crippen LogP contribution in [0.25, 0.3) is 0 Å². The lowest BCUT2D eigenvalue weighted by atomic mass is 9.96. The molecule has 18 heavy (non-hydrogen) atoms. The van der Waals surface area contributed by atoms with Crippen molar-refractivity contribution in [3.8, 4) is 0 Å². The van der Waals surface area contributed by atoms with E-state index in [1.165, 1.54) is 6.42 Å². The minimum atomic E-state index is -0.277. The third-order valence-corrected chi connectivity index (χ3v) is 3.99. The lowest BCUT2D eigenvalue weighted by Gasteiger charge is -2.33. The Morgan fingerprint density at radius 3 is 2.72 bits per heavy atom. The summed E-state index contributed by atoms with van der Waals surface area (Å²) in [5, 5.41) is 3.32. The quantitative estimate of drug-likeness (QED) is 0.740. The normalized spacial score (nSPS) is 29.7. The molecular formula is C13H23N3O2. The maximum Gasteiger partial charge on any atom is 0.239 e. The number of nitrogens with two attached hydrogens (primary N) is 1. The Morgan fingerprint density at radius 2 is 1.94 bits per heavy atom. The molecule has 2 saturated heterocycles. The molecule has 0 aromatic carbocycles. The standard InChI is InChI=1S/C13H23N3O2/c14-12(17)10-5-4-8-16(9-10)13(18)11-6-2-1-3-7-15-11/h10-11,15H,1-9H2,(H2,14,17). The van der Waals surface area contributed by atoms with Crippen LogP contribution in [-0.4, -0.2) is 42.4 Å². The van der Waals surface area contributed by atoms with E-state index >= 15 is 0 Å². The van der Waals surface area contributed by atoms with Crippen LogP contribution in [0.1, 0.15) is 38.5 Å². The summed E-state index contributed by atoms with van der Waals surface area (Å²) in [4.78, 5) is 25.4. The highest BCUT2D eigenvalue weighted by molar-refractivity contribution is 5.83. The molecule has 2 amide bonds. The second-order valence-corrected chi connectivity index (χ2v) is 5.38. The number of rotatable bonds is 2. The second-order valence-electron chi connectivity index (χ2n) is 5.38. The van der Waals surface area contributed by atoms with E-state index in [-0.39, 0.29) is 23.8 Å². The Hall–Kier alpha value is -1.10. The molecule has 0 aromatic rings. The van der Waals surface area contributed by atoms with E-state index < -0.39 is 0 Å². The number of hydrogen-bond donors (Lipinski definition) is 2. The lowest BCUT2D eigenvalue weighted by molar-refractivity contribution is -0.137. The van der Waals surface area contributed by atoms with E-state index in [4.69, 9.17) is 5.73 Å². The van der Waals surface area contributed by atoms with E-state index in [2.05, 4.69) is 5.32 Å². The average Bonchev–Trinajstić information content (AvgIpc) is 2.67. The molecule has 0 aromatic heterocycles. The van der Waals surface area contributed by atoms with Gasteiger partial charge in [-0.25, -0.2) is 0 Å². The Balaban J connectivity index is 1.92. The number of piperidine rings is 1. The Labute approximate surface area is 108 Å². The van der Waals surface area contributed by atoms with Gasteiger partial charge in [0.15, 0.2) is 0 Å². The molecular weight excluding hydrogens is 230 g/mol. The largest absolute Gasteiger partial charge is 0.369 e. The maximum absolute atomic E-state index is 12.4. The van der Waals surface area contributed by atoms with Crippen molar-refractivity contribution >= 4 is 11.8 Å². The van der Waals surface area contributed by atoms with Gasteiger partial charge in [-0.3, -0.25) is 9.59 Å². The molecule has 2 aliphatic heterocycles. The van der Waals surface area contributed by atoms with E-state index in [1.807, 2.05) is 4.90 Å². The first-order valence-electron chi connectivity index (χ1n) is 7.00. The van der Waals surface area contributed by atoms with Crippen molar-refractivity contribution < 1.29 is 9.59 Å². The second kappa shape index (κ2) is 6.18. The number of nitrogens with one attached hydrogen (secondary N) is 1. The van der Waals surface area contributed by atoms with Gasteiger partial charge >= 0.3 is 0 Å². The first kappa shape index (κ1) is 13.3. The van der Waals surface area contributed by atoms with Gasteiger partial charge in [-0.15, -0.1) is 0 Å². The van der Waals surface area contributed by atoms with Crippen molar-refractivity contribution in [1.82, 2.24) is 10.2 Å². The molecule has 3 N–H and O–H groups in total. The minimum Gasteiger partial charge on any atom is -0.369 e. The van der Waals surface area contributed by atoms with E-state index in [9.17, 15) is 9.59 Å². The van der Waals surface area contributed by atoms with Crippen LogP contribution < -0.4 is 11.1 Å². The first-order chi connectivity index (χ1) is 8.68. The SMILES string of the molecule is NC(=O)C1CCCN(C(=O)C2CCCCCN2)C1. The molecule has 0 bridgehead atoms. The highest BCUT2D eigenvalue weighted by atomic mass is 16.2. The molecule has 5 nitrogen and oxygen atoms in total. The molecule has 2 unspecified atom stereocenters. The zero-order valence-electron chi connectivity index (χ0n) is 10.9. The van der Waals surface area contributed by atoms with Crippen molar-refractivity contribution in [1.29, 1.82) is 0 Å². The Kier molecular flexibility index (Phi) is 4.58. The number of likely N-dealkylation sites (tertiary alicyclic amines) is 1. The fourth-order valence-corrected chi connectivity index (χ4v) is 2.87. The third-order valence-electron chi connectivity index (χ3n) is 3.99. The number of carbonyl (C=O) groups is 2. The van der Waals surface area contributed by atoms with Crippen molar-refractivity contribution in [3.05, 3.63) is 0 Å². The van der Waals surface area contributed by atoms with Gasteiger partial charge in [-0.2, -0.15) is 0 Å². The summed E-state index contributed by atoms with van der Waals surface area (Å²) in [6.45, 7) is 2.19. The predicted octanol–water partition coefficient (Wildman–Crippen LogP) is 0.242. The number of amides is 2. The topological polar surface area (TPSA) is 75.4 Å². The van der Waals surface area contributed by atoms with Gasteiger partial charge in [0.1, 0.15) is 0 Å². The van der Waals surface area contributed by atoms with Crippen molar-refractivity contribution in [3.63, 3.8) is 0 Å². The molecule has 0 radical (unpaired) electrons. The van der Waals surface area contributed by atoms with Crippen LogP contribution in [0, 0.1) is 5.92 Å².